The first-order chi connectivity index (χ1) is 9.99. The Hall–Kier alpha value is -2.28. The number of hydrogen-bond acceptors (Lipinski definition) is 4. The molecule has 2 rings (SSSR count). The van der Waals surface area contributed by atoms with Crippen molar-refractivity contribution < 1.29 is 18.8 Å². The highest BCUT2D eigenvalue weighted by Gasteiger charge is 2.17. The fraction of sp³-hybridized carbons (Fsp3) is 0.0714. The van der Waals surface area contributed by atoms with Crippen LogP contribution < -0.4 is 0 Å². The van der Waals surface area contributed by atoms with Crippen molar-refractivity contribution in [1.29, 1.82) is 0 Å². The quantitative estimate of drug-likeness (QED) is 0.475. The van der Waals surface area contributed by atoms with Crippen molar-refractivity contribution in [3.05, 3.63) is 74.0 Å². The second-order valence-electron chi connectivity index (χ2n) is 4.09. The Labute approximate surface area is 127 Å². The van der Waals surface area contributed by atoms with E-state index in [1.165, 1.54) is 0 Å². The lowest BCUT2D eigenvalue weighted by molar-refractivity contribution is -0.387. The third-order valence-electron chi connectivity index (χ3n) is 2.70. The van der Waals surface area contributed by atoms with E-state index in [1.54, 1.807) is 18.2 Å². The summed E-state index contributed by atoms with van der Waals surface area (Å²) in [4.78, 5) is 21.4. The maximum Gasteiger partial charge on any atom is 0.338 e. The molecule has 0 N–H and O–H groups in total. The van der Waals surface area contributed by atoms with Gasteiger partial charge in [0.2, 0.25) is 5.82 Å². The van der Waals surface area contributed by atoms with Gasteiger partial charge in [-0.1, -0.05) is 34.1 Å². The van der Waals surface area contributed by atoms with Crippen LogP contribution in [0, 0.1) is 15.9 Å². The molecule has 0 saturated heterocycles. The molecule has 0 spiro atoms. The predicted molar refractivity (Wildman–Crippen MR) is 76.3 cm³/mol. The summed E-state index contributed by atoms with van der Waals surface area (Å²) in [6.45, 7) is 0.0128. The van der Waals surface area contributed by atoms with Gasteiger partial charge in [0.05, 0.1) is 10.5 Å². The van der Waals surface area contributed by atoms with E-state index >= 15 is 0 Å². The zero-order chi connectivity index (χ0) is 15.4. The van der Waals surface area contributed by atoms with Gasteiger partial charge in [-0.25, -0.2) is 4.79 Å². The molecule has 0 bridgehead atoms. The van der Waals surface area contributed by atoms with E-state index in [0.29, 0.717) is 0 Å². The predicted octanol–water partition coefficient (Wildman–Crippen LogP) is 3.85. The highest BCUT2D eigenvalue weighted by molar-refractivity contribution is 9.10. The molecule has 108 valence electrons. The Morgan fingerprint density at radius 3 is 2.62 bits per heavy atom. The number of hydrogen-bond donors (Lipinski definition) is 0. The number of nitrogens with zero attached hydrogens (tertiary/aromatic N) is 1. The average Bonchev–Trinajstić information content (AvgIpc) is 2.45. The number of esters is 1. The molecule has 5 nitrogen and oxygen atoms in total. The molecular weight excluding hydrogens is 345 g/mol. The van der Waals surface area contributed by atoms with Gasteiger partial charge in [0, 0.05) is 16.1 Å². The first-order valence-electron chi connectivity index (χ1n) is 5.83. The van der Waals surface area contributed by atoms with Crippen molar-refractivity contribution in [2.45, 2.75) is 6.61 Å². The molecule has 0 aliphatic rings. The summed E-state index contributed by atoms with van der Waals surface area (Å²) in [5.41, 5.74) is -0.00394. The Kier molecular flexibility index (Phi) is 4.64. The number of halogens is 2. The van der Waals surface area contributed by atoms with Crippen molar-refractivity contribution in [3.63, 3.8) is 0 Å². The van der Waals surface area contributed by atoms with E-state index in [1.807, 2.05) is 6.07 Å². The van der Waals surface area contributed by atoms with E-state index in [4.69, 9.17) is 4.74 Å². The van der Waals surface area contributed by atoms with Gasteiger partial charge in [-0.2, -0.15) is 4.39 Å². The molecule has 0 unspecified atom stereocenters. The van der Waals surface area contributed by atoms with Gasteiger partial charge in [-0.3, -0.25) is 10.1 Å². The lowest BCUT2D eigenvalue weighted by Crippen LogP contribution is -2.06. The Balaban J connectivity index is 2.09. The summed E-state index contributed by atoms with van der Waals surface area (Å²) in [6.07, 6.45) is 0. The average molecular weight is 354 g/mol. The monoisotopic (exact) mass is 353 g/mol. The number of rotatable bonds is 4. The van der Waals surface area contributed by atoms with Crippen molar-refractivity contribution in [2.24, 2.45) is 0 Å². The molecule has 2 aromatic carbocycles. The van der Waals surface area contributed by atoms with E-state index in [0.717, 1.165) is 28.2 Å². The standard InChI is InChI=1S/C14H9BrFNO4/c15-11-4-2-1-3-10(11)8-21-14(18)9-5-6-13(17(19)20)12(16)7-9/h1-7H,8H2. The van der Waals surface area contributed by atoms with E-state index in [-0.39, 0.29) is 12.2 Å². The summed E-state index contributed by atoms with van der Waals surface area (Å²) in [5, 5.41) is 10.5. The van der Waals surface area contributed by atoms with Crippen LogP contribution in [0.15, 0.2) is 46.9 Å². The number of benzene rings is 2. The van der Waals surface area contributed by atoms with Gasteiger partial charge < -0.3 is 4.74 Å². The van der Waals surface area contributed by atoms with Gasteiger partial charge in [0.25, 0.3) is 0 Å². The molecule has 0 amide bonds. The van der Waals surface area contributed by atoms with Gasteiger partial charge in [0.1, 0.15) is 6.61 Å². The molecule has 0 aliphatic heterocycles. The molecule has 0 radical (unpaired) electrons. The zero-order valence-electron chi connectivity index (χ0n) is 10.6. The summed E-state index contributed by atoms with van der Waals surface area (Å²) in [6, 6.07) is 10.1. The SMILES string of the molecule is O=C(OCc1ccccc1Br)c1ccc([N+](=O)[O-])c(F)c1. The third-order valence-corrected chi connectivity index (χ3v) is 3.47. The Bertz CT molecular complexity index is 705. The lowest BCUT2D eigenvalue weighted by Gasteiger charge is -2.06. The van der Waals surface area contributed by atoms with E-state index in [2.05, 4.69) is 15.9 Å². The molecule has 0 heterocycles. The zero-order valence-corrected chi connectivity index (χ0v) is 12.2. The molecular formula is C14H9BrFNO4. The van der Waals surface area contributed by atoms with Crippen LogP contribution in [0.2, 0.25) is 0 Å². The second kappa shape index (κ2) is 6.45. The minimum absolute atomic E-state index is 0.0128. The van der Waals surface area contributed by atoms with Crippen molar-refractivity contribution >= 4 is 27.6 Å². The van der Waals surface area contributed by atoms with Crippen LogP contribution in [0.4, 0.5) is 10.1 Å². The van der Waals surface area contributed by atoms with Crippen molar-refractivity contribution in [2.75, 3.05) is 0 Å². The largest absolute Gasteiger partial charge is 0.457 e. The minimum Gasteiger partial charge on any atom is -0.457 e. The van der Waals surface area contributed by atoms with Crippen LogP contribution in [0.1, 0.15) is 15.9 Å². The fourth-order valence-corrected chi connectivity index (χ4v) is 2.02. The first kappa shape index (κ1) is 15.1. The summed E-state index contributed by atoms with van der Waals surface area (Å²) in [7, 11) is 0. The molecule has 0 fully saturated rings. The molecule has 0 saturated carbocycles. The summed E-state index contributed by atoms with van der Waals surface area (Å²) >= 11 is 3.31. The maximum absolute atomic E-state index is 13.4. The number of nitro benzene ring substituents is 1. The van der Waals surface area contributed by atoms with Crippen molar-refractivity contribution in [1.82, 2.24) is 0 Å². The maximum atomic E-state index is 13.4. The number of nitro groups is 1. The number of carbonyl (C=O) groups excluding carboxylic acids is 1. The van der Waals surface area contributed by atoms with Gasteiger partial charge >= 0.3 is 11.7 Å². The molecule has 2 aromatic rings. The number of ether oxygens (including phenoxy) is 1. The van der Waals surface area contributed by atoms with Crippen LogP contribution in [0.25, 0.3) is 0 Å². The molecule has 0 aromatic heterocycles. The molecule has 0 aliphatic carbocycles. The Morgan fingerprint density at radius 1 is 1.29 bits per heavy atom. The third kappa shape index (κ3) is 3.63. The van der Waals surface area contributed by atoms with E-state index in [9.17, 15) is 19.3 Å². The van der Waals surface area contributed by atoms with Gasteiger partial charge in [-0.15, -0.1) is 0 Å². The molecule has 7 heteroatoms. The highest BCUT2D eigenvalue weighted by Crippen LogP contribution is 2.20. The number of carbonyl (C=O) groups is 1. The summed E-state index contributed by atoms with van der Waals surface area (Å²) in [5.74, 6) is -1.82. The van der Waals surface area contributed by atoms with Crippen LogP contribution in [-0.4, -0.2) is 10.9 Å². The lowest BCUT2D eigenvalue weighted by atomic mass is 10.2. The second-order valence-corrected chi connectivity index (χ2v) is 4.95. The normalized spacial score (nSPS) is 10.2. The van der Waals surface area contributed by atoms with Gasteiger partial charge in [0.15, 0.2) is 0 Å². The molecule has 21 heavy (non-hydrogen) atoms. The highest BCUT2D eigenvalue weighted by atomic mass is 79.9. The molecule has 0 atom stereocenters. The van der Waals surface area contributed by atoms with Crippen LogP contribution in [-0.2, 0) is 11.3 Å². The van der Waals surface area contributed by atoms with Crippen LogP contribution in [0.5, 0.6) is 0 Å². The van der Waals surface area contributed by atoms with Crippen LogP contribution in [0.3, 0.4) is 0 Å². The first-order valence-corrected chi connectivity index (χ1v) is 6.63. The smallest absolute Gasteiger partial charge is 0.338 e. The van der Waals surface area contributed by atoms with Gasteiger partial charge in [-0.05, 0) is 18.2 Å². The van der Waals surface area contributed by atoms with Crippen molar-refractivity contribution in [3.8, 4) is 0 Å². The Morgan fingerprint density at radius 2 is 2.00 bits per heavy atom. The minimum atomic E-state index is -1.07. The summed E-state index contributed by atoms with van der Waals surface area (Å²) < 4.78 is 19.3. The fourth-order valence-electron chi connectivity index (χ4n) is 1.62. The van der Waals surface area contributed by atoms with E-state index < -0.39 is 22.4 Å². The topological polar surface area (TPSA) is 69.4 Å². The van der Waals surface area contributed by atoms with Crippen LogP contribution >= 0.6 is 15.9 Å².